The van der Waals surface area contributed by atoms with Crippen molar-refractivity contribution in [1.82, 2.24) is 4.98 Å². The maximum absolute atomic E-state index is 12.0. The Hall–Kier alpha value is -0.890. The van der Waals surface area contributed by atoms with Crippen LogP contribution in [0.1, 0.15) is 0 Å². The molecular formula is C6HClF3IN2O5S. The van der Waals surface area contributed by atoms with E-state index in [1.807, 2.05) is 0 Å². The molecule has 0 saturated heterocycles. The Bertz CT molecular complexity index is 634. The molecule has 1 aromatic rings. The lowest BCUT2D eigenvalue weighted by molar-refractivity contribution is -0.390. The van der Waals surface area contributed by atoms with E-state index in [9.17, 15) is 31.7 Å². The smallest absolute Gasteiger partial charge is 0.381 e. The maximum atomic E-state index is 12.0. The lowest BCUT2D eigenvalue weighted by Gasteiger charge is -2.09. The highest BCUT2D eigenvalue weighted by Gasteiger charge is 2.38. The fourth-order valence-corrected chi connectivity index (χ4v) is 3.63. The quantitative estimate of drug-likeness (QED) is 0.315. The van der Waals surface area contributed by atoms with Crippen LogP contribution in [-0.2, 0) is 9.05 Å². The first-order valence-corrected chi connectivity index (χ1v) is 7.35. The van der Waals surface area contributed by atoms with Crippen molar-refractivity contribution in [2.75, 3.05) is 0 Å². The van der Waals surface area contributed by atoms with Crippen molar-refractivity contribution in [3.63, 3.8) is 0 Å². The molecule has 0 aliphatic carbocycles. The molecule has 13 heteroatoms. The van der Waals surface area contributed by atoms with Crippen LogP contribution in [0.2, 0.25) is 0 Å². The maximum Gasteiger partial charge on any atom is 0.574 e. The lowest BCUT2D eigenvalue weighted by atomic mass is 10.4. The molecule has 0 aliphatic heterocycles. The molecule has 0 aliphatic rings. The van der Waals surface area contributed by atoms with Gasteiger partial charge in [-0.3, -0.25) is 10.1 Å². The predicted molar refractivity (Wildman–Crippen MR) is 63.3 cm³/mol. The fraction of sp³-hybridized carbons (Fsp3) is 0.167. The third-order valence-electron chi connectivity index (χ3n) is 1.58. The van der Waals surface area contributed by atoms with Crippen LogP contribution in [-0.4, -0.2) is 24.7 Å². The summed E-state index contributed by atoms with van der Waals surface area (Å²) in [6.45, 7) is 0. The third kappa shape index (κ3) is 4.04. The molecule has 0 spiro atoms. The minimum absolute atomic E-state index is 0.443. The Labute approximate surface area is 121 Å². The standard InChI is InChI=1S/C6HClF3IN2O5S/c7-19(16,17)2-1-12-5(18-6(8,9)10)4(3(2)11)13(14)15/h1H. The molecule has 0 atom stereocenters. The van der Waals surface area contributed by atoms with Gasteiger partial charge >= 0.3 is 17.9 Å². The van der Waals surface area contributed by atoms with E-state index in [0.29, 0.717) is 6.20 Å². The minimum atomic E-state index is -5.21. The number of aromatic nitrogens is 1. The van der Waals surface area contributed by atoms with Crippen molar-refractivity contribution < 1.29 is 31.2 Å². The monoisotopic (exact) mass is 432 g/mol. The zero-order valence-corrected chi connectivity index (χ0v) is 12.0. The summed E-state index contributed by atoms with van der Waals surface area (Å²) in [4.78, 5) is 11.6. The predicted octanol–water partition coefficient (Wildman–Crippen LogP) is 2.42. The molecule has 0 radical (unpaired) electrons. The van der Waals surface area contributed by atoms with Crippen LogP contribution in [0.5, 0.6) is 5.88 Å². The molecule has 0 amide bonds. The van der Waals surface area contributed by atoms with Crippen molar-refractivity contribution in [3.8, 4) is 5.88 Å². The second-order valence-corrected chi connectivity index (χ2v) is 6.45. The Morgan fingerprint density at radius 3 is 2.37 bits per heavy atom. The van der Waals surface area contributed by atoms with Gasteiger partial charge in [-0.1, -0.05) is 0 Å². The van der Waals surface area contributed by atoms with E-state index in [2.05, 4.69) is 9.72 Å². The van der Waals surface area contributed by atoms with Gasteiger partial charge in [-0.25, -0.2) is 13.4 Å². The molecule has 0 unspecified atom stereocenters. The van der Waals surface area contributed by atoms with Gasteiger partial charge in [-0.15, -0.1) is 13.2 Å². The second-order valence-electron chi connectivity index (χ2n) is 2.83. The number of pyridine rings is 1. The summed E-state index contributed by atoms with van der Waals surface area (Å²) in [5.41, 5.74) is -1.24. The molecular weight excluding hydrogens is 431 g/mol. The third-order valence-corrected chi connectivity index (χ3v) is 4.38. The van der Waals surface area contributed by atoms with E-state index in [4.69, 9.17) is 10.7 Å². The molecule has 0 fully saturated rings. The van der Waals surface area contributed by atoms with Crippen LogP contribution in [0.15, 0.2) is 11.1 Å². The Morgan fingerprint density at radius 1 is 1.47 bits per heavy atom. The summed E-state index contributed by atoms with van der Waals surface area (Å²) in [6.07, 6.45) is -4.76. The van der Waals surface area contributed by atoms with Crippen LogP contribution >= 0.6 is 33.3 Å². The van der Waals surface area contributed by atoms with Gasteiger partial charge in [0, 0.05) is 10.7 Å². The van der Waals surface area contributed by atoms with E-state index >= 15 is 0 Å². The number of rotatable bonds is 3. The molecule has 106 valence electrons. The number of ether oxygens (including phenoxy) is 1. The zero-order chi connectivity index (χ0) is 15.0. The van der Waals surface area contributed by atoms with Gasteiger partial charge in [0.05, 0.1) is 11.1 Å². The number of nitro groups is 1. The number of hydrogen-bond donors (Lipinski definition) is 0. The van der Waals surface area contributed by atoms with Gasteiger partial charge in [0.25, 0.3) is 9.05 Å². The summed E-state index contributed by atoms with van der Waals surface area (Å²) in [5, 5.41) is 10.7. The number of hydrogen-bond acceptors (Lipinski definition) is 6. The summed E-state index contributed by atoms with van der Waals surface area (Å²) >= 11 is 1.17. The van der Waals surface area contributed by atoms with Gasteiger partial charge < -0.3 is 4.74 Å². The molecule has 7 nitrogen and oxygen atoms in total. The molecule has 1 aromatic heterocycles. The van der Waals surface area contributed by atoms with Crippen LogP contribution in [0.25, 0.3) is 0 Å². The summed E-state index contributed by atoms with van der Waals surface area (Å²) in [7, 11) is 0.579. The van der Waals surface area contributed by atoms with Crippen molar-refractivity contribution in [1.29, 1.82) is 0 Å². The molecule has 0 saturated carbocycles. The first kappa shape index (κ1) is 16.2. The van der Waals surface area contributed by atoms with E-state index in [-0.39, 0.29) is 0 Å². The molecule has 0 bridgehead atoms. The topological polar surface area (TPSA) is 99.4 Å². The van der Waals surface area contributed by atoms with Crippen molar-refractivity contribution in [2.45, 2.75) is 11.3 Å². The SMILES string of the molecule is O=[N+]([O-])c1c(OC(F)(F)F)ncc(S(=O)(=O)Cl)c1I. The normalized spacial score (nSPS) is 12.3. The van der Waals surface area contributed by atoms with E-state index in [1.165, 1.54) is 22.6 Å². The van der Waals surface area contributed by atoms with Gasteiger partial charge in [-0.2, -0.15) is 0 Å². The highest BCUT2D eigenvalue weighted by atomic mass is 127. The lowest BCUT2D eigenvalue weighted by Crippen LogP contribution is -2.19. The van der Waals surface area contributed by atoms with E-state index in [1.54, 1.807) is 0 Å². The zero-order valence-electron chi connectivity index (χ0n) is 8.31. The Kier molecular flexibility index (Phi) is 4.46. The minimum Gasteiger partial charge on any atom is -0.381 e. The summed E-state index contributed by atoms with van der Waals surface area (Å²) in [5.74, 6) is -1.37. The average molecular weight is 433 g/mol. The van der Waals surface area contributed by atoms with Crippen molar-refractivity contribution in [3.05, 3.63) is 19.9 Å². The fourth-order valence-electron chi connectivity index (χ4n) is 0.958. The van der Waals surface area contributed by atoms with E-state index < -0.39 is 40.4 Å². The molecule has 1 rings (SSSR count). The van der Waals surface area contributed by atoms with Crippen LogP contribution < -0.4 is 4.74 Å². The average Bonchev–Trinajstić information content (AvgIpc) is 2.11. The van der Waals surface area contributed by atoms with Crippen LogP contribution in [0.3, 0.4) is 0 Å². The van der Waals surface area contributed by atoms with Gasteiger partial charge in [0.1, 0.15) is 8.47 Å². The van der Waals surface area contributed by atoms with E-state index in [0.717, 1.165) is 0 Å². The molecule has 19 heavy (non-hydrogen) atoms. The van der Waals surface area contributed by atoms with Gasteiger partial charge in [0.15, 0.2) is 0 Å². The molecule has 0 aromatic carbocycles. The van der Waals surface area contributed by atoms with Gasteiger partial charge in [0.2, 0.25) is 0 Å². The number of alkyl halides is 3. The second kappa shape index (κ2) is 5.24. The highest BCUT2D eigenvalue weighted by Crippen LogP contribution is 2.37. The largest absolute Gasteiger partial charge is 0.574 e. The first-order chi connectivity index (χ1) is 8.43. The summed E-state index contributed by atoms with van der Waals surface area (Å²) in [6, 6.07) is 0. The molecule has 1 heterocycles. The molecule has 0 N–H and O–H groups in total. The van der Waals surface area contributed by atoms with Crippen molar-refractivity contribution in [2.24, 2.45) is 0 Å². The van der Waals surface area contributed by atoms with Crippen LogP contribution in [0.4, 0.5) is 18.9 Å². The van der Waals surface area contributed by atoms with Crippen molar-refractivity contribution >= 4 is 48.0 Å². The number of nitrogens with zero attached hydrogens (tertiary/aromatic N) is 2. The Balaban J connectivity index is 3.54. The van der Waals surface area contributed by atoms with Crippen LogP contribution in [0, 0.1) is 13.7 Å². The highest BCUT2D eigenvalue weighted by molar-refractivity contribution is 14.1. The first-order valence-electron chi connectivity index (χ1n) is 3.97. The Morgan fingerprint density at radius 2 is 2.00 bits per heavy atom. The summed E-state index contributed by atoms with van der Waals surface area (Å²) < 4.78 is 60.9. The number of halogens is 5. The van der Waals surface area contributed by atoms with Gasteiger partial charge in [-0.05, 0) is 22.6 Å².